The number of ether oxygens (including phenoxy) is 2. The number of rotatable bonds is 6. The number of amides is 2. The first-order valence-electron chi connectivity index (χ1n) is 8.51. The Morgan fingerprint density at radius 1 is 1.07 bits per heavy atom. The normalized spacial score (nSPS) is 11.6. The van der Waals surface area contributed by atoms with Gasteiger partial charge < -0.3 is 9.47 Å². The van der Waals surface area contributed by atoms with Crippen LogP contribution in [0.1, 0.15) is 24.3 Å². The van der Waals surface area contributed by atoms with E-state index in [1.807, 2.05) is 19.1 Å². The Balaban J connectivity index is 1.54. The minimum absolute atomic E-state index is 0.200. The van der Waals surface area contributed by atoms with Gasteiger partial charge in [0.2, 0.25) is 0 Å². The molecule has 0 aliphatic heterocycles. The van der Waals surface area contributed by atoms with Gasteiger partial charge in [0.25, 0.3) is 11.8 Å². The Morgan fingerprint density at radius 3 is 2.52 bits per heavy atom. The van der Waals surface area contributed by atoms with Crippen molar-refractivity contribution < 1.29 is 19.1 Å². The first-order chi connectivity index (χ1) is 13.1. The Bertz CT molecular complexity index is 936. The minimum atomic E-state index is -0.806. The highest BCUT2D eigenvalue weighted by Crippen LogP contribution is 2.18. The molecule has 0 bridgehead atoms. The second kappa shape index (κ2) is 8.22. The SMILES string of the molecule is CCOc1ccc(O[C@H](C)C(=O)NNC(=O)c2n[nH]c3ccccc23)cc1. The van der Waals surface area contributed by atoms with E-state index < -0.39 is 17.9 Å². The summed E-state index contributed by atoms with van der Waals surface area (Å²) in [6.07, 6.45) is -0.806. The number of hydrogen-bond donors (Lipinski definition) is 3. The molecule has 3 rings (SSSR count). The molecule has 0 saturated heterocycles. The van der Waals surface area contributed by atoms with Gasteiger partial charge >= 0.3 is 0 Å². The van der Waals surface area contributed by atoms with Crippen LogP contribution in [0.5, 0.6) is 11.5 Å². The van der Waals surface area contributed by atoms with Crippen molar-refractivity contribution >= 4 is 22.7 Å². The fourth-order valence-corrected chi connectivity index (χ4v) is 2.45. The van der Waals surface area contributed by atoms with Crippen molar-refractivity contribution in [1.82, 2.24) is 21.0 Å². The molecule has 1 aromatic heterocycles. The maximum atomic E-state index is 12.2. The molecule has 0 radical (unpaired) electrons. The molecule has 0 spiro atoms. The lowest BCUT2D eigenvalue weighted by atomic mass is 10.2. The second-order valence-electron chi connectivity index (χ2n) is 5.73. The van der Waals surface area contributed by atoms with E-state index in [-0.39, 0.29) is 5.69 Å². The Hall–Kier alpha value is -3.55. The van der Waals surface area contributed by atoms with Crippen LogP contribution in [0.4, 0.5) is 0 Å². The second-order valence-corrected chi connectivity index (χ2v) is 5.73. The van der Waals surface area contributed by atoms with Gasteiger partial charge in [-0.25, -0.2) is 0 Å². The largest absolute Gasteiger partial charge is 0.494 e. The number of H-pyrrole nitrogens is 1. The molecule has 1 atom stereocenters. The number of fused-ring (bicyclic) bond motifs is 1. The van der Waals surface area contributed by atoms with Gasteiger partial charge in [0.15, 0.2) is 11.8 Å². The van der Waals surface area contributed by atoms with Gasteiger partial charge in [-0.15, -0.1) is 0 Å². The van der Waals surface area contributed by atoms with Crippen LogP contribution in [0.2, 0.25) is 0 Å². The van der Waals surface area contributed by atoms with Crippen LogP contribution in [-0.2, 0) is 4.79 Å². The van der Waals surface area contributed by atoms with E-state index >= 15 is 0 Å². The molecule has 8 heteroatoms. The first kappa shape index (κ1) is 18.2. The Morgan fingerprint density at radius 2 is 1.78 bits per heavy atom. The highest BCUT2D eigenvalue weighted by molar-refractivity contribution is 6.05. The molecule has 1 heterocycles. The summed E-state index contributed by atoms with van der Waals surface area (Å²) in [5.74, 6) is 0.234. The highest BCUT2D eigenvalue weighted by Gasteiger charge is 2.18. The lowest BCUT2D eigenvalue weighted by Crippen LogP contribution is -2.47. The van der Waals surface area contributed by atoms with Crippen molar-refractivity contribution in [3.63, 3.8) is 0 Å². The lowest BCUT2D eigenvalue weighted by Gasteiger charge is -2.15. The average molecular weight is 368 g/mol. The van der Waals surface area contributed by atoms with Gasteiger partial charge in [-0.2, -0.15) is 5.10 Å². The third-order valence-corrected chi connectivity index (χ3v) is 3.80. The topological polar surface area (TPSA) is 105 Å². The molecule has 2 amide bonds. The van der Waals surface area contributed by atoms with Crippen molar-refractivity contribution in [2.75, 3.05) is 6.61 Å². The zero-order valence-electron chi connectivity index (χ0n) is 15.0. The summed E-state index contributed by atoms with van der Waals surface area (Å²) in [4.78, 5) is 24.4. The fourth-order valence-electron chi connectivity index (χ4n) is 2.45. The molecule has 0 aliphatic carbocycles. The smallest absolute Gasteiger partial charge is 0.290 e. The summed E-state index contributed by atoms with van der Waals surface area (Å²) in [7, 11) is 0. The standard InChI is InChI=1S/C19H20N4O4/c1-3-26-13-8-10-14(11-9-13)27-12(2)18(24)22-23-19(25)17-15-6-4-5-7-16(15)20-21-17/h4-12H,3H2,1-2H3,(H,20,21)(H,22,24)(H,23,25)/t12-/m1/s1. The summed E-state index contributed by atoms with van der Waals surface area (Å²) < 4.78 is 10.9. The van der Waals surface area contributed by atoms with E-state index in [0.29, 0.717) is 17.7 Å². The van der Waals surface area contributed by atoms with E-state index in [4.69, 9.17) is 9.47 Å². The van der Waals surface area contributed by atoms with Gasteiger partial charge in [-0.1, -0.05) is 18.2 Å². The van der Waals surface area contributed by atoms with Gasteiger partial charge in [0.1, 0.15) is 11.5 Å². The van der Waals surface area contributed by atoms with E-state index in [1.54, 1.807) is 43.3 Å². The molecule has 0 fully saturated rings. The number of carbonyl (C=O) groups excluding carboxylic acids is 2. The van der Waals surface area contributed by atoms with Crippen LogP contribution in [0.25, 0.3) is 10.9 Å². The van der Waals surface area contributed by atoms with E-state index in [2.05, 4.69) is 21.0 Å². The van der Waals surface area contributed by atoms with Crippen LogP contribution < -0.4 is 20.3 Å². The lowest BCUT2D eigenvalue weighted by molar-refractivity contribution is -0.128. The number of para-hydroxylation sites is 1. The molecule has 0 unspecified atom stereocenters. The number of aromatic amines is 1. The third-order valence-electron chi connectivity index (χ3n) is 3.80. The predicted octanol–water partition coefficient (Wildman–Crippen LogP) is 2.19. The van der Waals surface area contributed by atoms with E-state index in [1.165, 1.54) is 0 Å². The van der Waals surface area contributed by atoms with Crippen molar-refractivity contribution in [2.24, 2.45) is 0 Å². The molecule has 140 valence electrons. The minimum Gasteiger partial charge on any atom is -0.494 e. The number of hydrazine groups is 1. The van der Waals surface area contributed by atoms with Crippen LogP contribution in [0.15, 0.2) is 48.5 Å². The van der Waals surface area contributed by atoms with Gasteiger partial charge in [-0.3, -0.25) is 25.5 Å². The van der Waals surface area contributed by atoms with Crippen LogP contribution in [0, 0.1) is 0 Å². The summed E-state index contributed by atoms with van der Waals surface area (Å²) in [5.41, 5.74) is 5.63. The van der Waals surface area contributed by atoms with Crippen molar-refractivity contribution in [1.29, 1.82) is 0 Å². The van der Waals surface area contributed by atoms with Gasteiger partial charge in [0.05, 0.1) is 12.1 Å². The van der Waals surface area contributed by atoms with Crippen molar-refractivity contribution in [3.05, 3.63) is 54.2 Å². The van der Waals surface area contributed by atoms with Gasteiger partial charge in [-0.05, 0) is 44.2 Å². The zero-order chi connectivity index (χ0) is 19.2. The maximum Gasteiger partial charge on any atom is 0.290 e. The average Bonchev–Trinajstić information content (AvgIpc) is 3.12. The number of nitrogens with zero attached hydrogens (tertiary/aromatic N) is 1. The van der Waals surface area contributed by atoms with Crippen LogP contribution in [0.3, 0.4) is 0 Å². The van der Waals surface area contributed by atoms with Gasteiger partial charge in [0, 0.05) is 5.39 Å². The number of hydrogen-bond acceptors (Lipinski definition) is 5. The van der Waals surface area contributed by atoms with E-state index in [0.717, 1.165) is 11.3 Å². The number of nitrogens with one attached hydrogen (secondary N) is 3. The maximum absolute atomic E-state index is 12.2. The summed E-state index contributed by atoms with van der Waals surface area (Å²) in [6.45, 7) is 4.06. The monoisotopic (exact) mass is 368 g/mol. The molecule has 3 aromatic rings. The molecule has 0 aliphatic rings. The zero-order valence-corrected chi connectivity index (χ0v) is 15.0. The molecule has 3 N–H and O–H groups in total. The van der Waals surface area contributed by atoms with Crippen LogP contribution >= 0.6 is 0 Å². The number of aromatic nitrogens is 2. The summed E-state index contributed by atoms with van der Waals surface area (Å²) in [6, 6.07) is 14.2. The van der Waals surface area contributed by atoms with Crippen LogP contribution in [-0.4, -0.2) is 34.7 Å². The molecular weight excluding hydrogens is 348 g/mol. The Labute approximate surface area is 155 Å². The molecule has 2 aromatic carbocycles. The summed E-state index contributed by atoms with van der Waals surface area (Å²) in [5, 5.41) is 7.41. The molecule has 0 saturated carbocycles. The molecular formula is C19H20N4O4. The quantitative estimate of drug-likeness (QED) is 0.579. The molecule has 8 nitrogen and oxygen atoms in total. The highest BCUT2D eigenvalue weighted by atomic mass is 16.5. The molecule has 27 heavy (non-hydrogen) atoms. The van der Waals surface area contributed by atoms with E-state index in [9.17, 15) is 9.59 Å². The fraction of sp³-hybridized carbons (Fsp3) is 0.211. The first-order valence-corrected chi connectivity index (χ1v) is 8.51. The number of carbonyl (C=O) groups is 2. The third kappa shape index (κ3) is 4.35. The summed E-state index contributed by atoms with van der Waals surface area (Å²) >= 11 is 0. The Kier molecular flexibility index (Phi) is 5.55. The van der Waals surface area contributed by atoms with Crippen molar-refractivity contribution in [2.45, 2.75) is 20.0 Å². The van der Waals surface area contributed by atoms with Crippen molar-refractivity contribution in [3.8, 4) is 11.5 Å². The number of benzene rings is 2. The predicted molar refractivity (Wildman–Crippen MR) is 99.4 cm³/mol.